The molecule has 0 aliphatic heterocycles. The molecule has 0 aromatic heterocycles. The summed E-state index contributed by atoms with van der Waals surface area (Å²) in [5.41, 5.74) is 3.63. The first-order valence-corrected chi connectivity index (χ1v) is 8.88. The lowest BCUT2D eigenvalue weighted by molar-refractivity contribution is -0.112. The number of hydrogen-bond donors (Lipinski definition) is 1. The van der Waals surface area contributed by atoms with Crippen LogP contribution >= 0.6 is 22.6 Å². The Bertz CT molecular complexity index is 949. The average molecular weight is 456 g/mol. The van der Waals surface area contributed by atoms with Crippen molar-refractivity contribution in [2.45, 2.75) is 13.8 Å². The third-order valence-corrected chi connectivity index (χ3v) is 4.55. The fraction of sp³-hybridized carbons (Fsp3) is 0.143. The molecule has 2 aromatic rings. The van der Waals surface area contributed by atoms with Gasteiger partial charge in [0.25, 0.3) is 5.91 Å². The highest BCUT2D eigenvalue weighted by Gasteiger charge is 2.11. The van der Waals surface area contributed by atoms with Gasteiger partial charge in [0.2, 0.25) is 0 Å². The summed E-state index contributed by atoms with van der Waals surface area (Å²) >= 11 is 2.12. The number of carbonyl (C=O) groups excluding carboxylic acids is 1. The van der Waals surface area contributed by atoms with Crippen molar-refractivity contribution < 1.29 is 9.53 Å². The van der Waals surface area contributed by atoms with Gasteiger partial charge >= 0.3 is 0 Å². The third kappa shape index (κ3) is 5.11. The Morgan fingerprint density at radius 1 is 1.27 bits per heavy atom. The van der Waals surface area contributed by atoms with Gasteiger partial charge in [-0.15, -0.1) is 6.42 Å². The van der Waals surface area contributed by atoms with E-state index in [9.17, 15) is 10.1 Å². The third-order valence-electron chi connectivity index (χ3n) is 3.71. The summed E-state index contributed by atoms with van der Waals surface area (Å²) in [4.78, 5) is 12.4. The van der Waals surface area contributed by atoms with Crippen molar-refractivity contribution in [3.05, 3.63) is 62.2 Å². The predicted molar refractivity (Wildman–Crippen MR) is 112 cm³/mol. The van der Waals surface area contributed by atoms with Crippen LogP contribution in [-0.2, 0) is 4.79 Å². The number of hydrogen-bond acceptors (Lipinski definition) is 3. The van der Waals surface area contributed by atoms with E-state index in [-0.39, 0.29) is 12.2 Å². The monoisotopic (exact) mass is 456 g/mol. The Morgan fingerprint density at radius 2 is 2.04 bits per heavy atom. The molecule has 0 atom stereocenters. The molecular formula is C21H17IN2O2. The molecule has 0 bridgehead atoms. The standard InChI is InChI=1S/C21H17IN2O2/c1-4-9-26-20-8-6-16(12-19(20)22)11-17(13-23)21(25)24-18-7-5-14(2)15(3)10-18/h1,5-8,10-12H,9H2,2-3H3,(H,24,25)/b17-11+. The van der Waals surface area contributed by atoms with Crippen LogP contribution in [0.3, 0.4) is 0 Å². The van der Waals surface area contributed by atoms with Crippen LogP contribution in [0.5, 0.6) is 5.75 Å². The number of rotatable bonds is 5. The number of nitriles is 1. The summed E-state index contributed by atoms with van der Waals surface area (Å²) in [6.45, 7) is 4.16. The van der Waals surface area contributed by atoms with Crippen molar-refractivity contribution in [2.24, 2.45) is 0 Å². The Labute approximate surface area is 167 Å². The first-order chi connectivity index (χ1) is 12.4. The highest BCUT2D eigenvalue weighted by molar-refractivity contribution is 14.1. The molecule has 1 N–H and O–H groups in total. The van der Waals surface area contributed by atoms with Gasteiger partial charge in [0.1, 0.15) is 24.0 Å². The molecule has 0 saturated carbocycles. The molecule has 0 saturated heterocycles. The number of halogens is 1. The van der Waals surface area contributed by atoms with Crippen molar-refractivity contribution in [1.29, 1.82) is 5.26 Å². The Kier molecular flexibility index (Phi) is 6.82. The van der Waals surface area contributed by atoms with Gasteiger partial charge in [-0.2, -0.15) is 5.26 Å². The van der Waals surface area contributed by atoms with Crippen molar-refractivity contribution in [1.82, 2.24) is 0 Å². The van der Waals surface area contributed by atoms with Crippen LogP contribution in [0.25, 0.3) is 6.08 Å². The maximum absolute atomic E-state index is 12.4. The number of terminal acetylenes is 1. The Hall–Kier alpha value is -2.77. The number of ether oxygens (including phenoxy) is 1. The van der Waals surface area contributed by atoms with E-state index in [1.807, 2.05) is 44.2 Å². The van der Waals surface area contributed by atoms with Crippen LogP contribution in [0, 0.1) is 41.1 Å². The van der Waals surface area contributed by atoms with E-state index in [1.165, 1.54) is 0 Å². The summed E-state index contributed by atoms with van der Waals surface area (Å²) in [6.07, 6.45) is 6.73. The summed E-state index contributed by atoms with van der Waals surface area (Å²) in [6, 6.07) is 12.9. The second-order valence-electron chi connectivity index (χ2n) is 5.61. The van der Waals surface area contributed by atoms with Crippen molar-refractivity contribution >= 4 is 40.3 Å². The van der Waals surface area contributed by atoms with Gasteiger partial charge in [0.05, 0.1) is 3.57 Å². The van der Waals surface area contributed by atoms with Gasteiger partial charge in [0.15, 0.2) is 0 Å². The zero-order chi connectivity index (χ0) is 19.1. The molecule has 0 radical (unpaired) electrons. The molecule has 0 aliphatic carbocycles. The van der Waals surface area contributed by atoms with E-state index >= 15 is 0 Å². The molecule has 0 fully saturated rings. The number of anilines is 1. The number of aryl methyl sites for hydroxylation is 2. The van der Waals surface area contributed by atoms with Gasteiger partial charge in [-0.05, 0) is 83.5 Å². The smallest absolute Gasteiger partial charge is 0.266 e. The normalized spacial score (nSPS) is 10.6. The lowest BCUT2D eigenvalue weighted by Crippen LogP contribution is -2.13. The highest BCUT2D eigenvalue weighted by atomic mass is 127. The topological polar surface area (TPSA) is 62.1 Å². The van der Waals surface area contributed by atoms with Crippen molar-refractivity contribution in [2.75, 3.05) is 11.9 Å². The molecule has 0 heterocycles. The number of nitrogens with zero attached hydrogens (tertiary/aromatic N) is 1. The van der Waals surface area contributed by atoms with Crippen molar-refractivity contribution in [3.63, 3.8) is 0 Å². The van der Waals surface area contributed by atoms with E-state index < -0.39 is 5.91 Å². The van der Waals surface area contributed by atoms with Gasteiger partial charge in [-0.3, -0.25) is 4.79 Å². The van der Waals surface area contributed by atoms with Crippen LogP contribution in [0.4, 0.5) is 5.69 Å². The number of nitrogens with one attached hydrogen (secondary N) is 1. The van der Waals surface area contributed by atoms with E-state index in [0.717, 1.165) is 20.3 Å². The molecule has 4 nitrogen and oxygen atoms in total. The first kappa shape index (κ1) is 19.6. The lowest BCUT2D eigenvalue weighted by Gasteiger charge is -2.08. The van der Waals surface area contributed by atoms with Crippen molar-refractivity contribution in [3.8, 4) is 24.2 Å². The number of benzene rings is 2. The van der Waals surface area contributed by atoms with Gasteiger partial charge in [-0.25, -0.2) is 0 Å². The van der Waals surface area contributed by atoms with E-state index in [1.54, 1.807) is 18.2 Å². The summed E-state index contributed by atoms with van der Waals surface area (Å²) in [7, 11) is 0. The quantitative estimate of drug-likeness (QED) is 0.313. The fourth-order valence-electron chi connectivity index (χ4n) is 2.18. The number of amides is 1. The summed E-state index contributed by atoms with van der Waals surface area (Å²) in [5.74, 6) is 2.63. The molecule has 26 heavy (non-hydrogen) atoms. The zero-order valence-electron chi connectivity index (χ0n) is 14.5. The molecule has 130 valence electrons. The highest BCUT2D eigenvalue weighted by Crippen LogP contribution is 2.23. The first-order valence-electron chi connectivity index (χ1n) is 7.81. The fourth-order valence-corrected chi connectivity index (χ4v) is 2.87. The van der Waals surface area contributed by atoms with Crippen LogP contribution in [0.2, 0.25) is 0 Å². The molecular weight excluding hydrogens is 439 g/mol. The summed E-state index contributed by atoms with van der Waals surface area (Å²) in [5, 5.41) is 12.1. The van der Waals surface area contributed by atoms with Crippen LogP contribution < -0.4 is 10.1 Å². The molecule has 5 heteroatoms. The zero-order valence-corrected chi connectivity index (χ0v) is 16.6. The number of carbonyl (C=O) groups is 1. The van der Waals surface area contributed by atoms with Crippen LogP contribution in [0.1, 0.15) is 16.7 Å². The van der Waals surface area contributed by atoms with Crippen LogP contribution in [0.15, 0.2) is 42.0 Å². The minimum atomic E-state index is -0.446. The molecule has 0 unspecified atom stereocenters. The molecule has 1 amide bonds. The van der Waals surface area contributed by atoms with E-state index in [4.69, 9.17) is 11.2 Å². The molecule has 0 spiro atoms. The molecule has 2 rings (SSSR count). The summed E-state index contributed by atoms with van der Waals surface area (Å²) < 4.78 is 6.26. The average Bonchev–Trinajstić information content (AvgIpc) is 2.62. The van der Waals surface area contributed by atoms with E-state index in [0.29, 0.717) is 11.4 Å². The van der Waals surface area contributed by atoms with Gasteiger partial charge in [-0.1, -0.05) is 18.1 Å². The second kappa shape index (κ2) is 9.07. The van der Waals surface area contributed by atoms with Gasteiger partial charge in [0, 0.05) is 5.69 Å². The van der Waals surface area contributed by atoms with Gasteiger partial charge < -0.3 is 10.1 Å². The second-order valence-corrected chi connectivity index (χ2v) is 6.77. The van der Waals surface area contributed by atoms with Crippen LogP contribution in [-0.4, -0.2) is 12.5 Å². The Morgan fingerprint density at radius 3 is 2.65 bits per heavy atom. The maximum Gasteiger partial charge on any atom is 0.266 e. The lowest BCUT2D eigenvalue weighted by atomic mass is 10.1. The maximum atomic E-state index is 12.4. The minimum absolute atomic E-state index is 0.0244. The molecule has 0 aliphatic rings. The Balaban J connectivity index is 2.20. The van der Waals surface area contributed by atoms with E-state index in [2.05, 4.69) is 33.8 Å². The largest absolute Gasteiger partial charge is 0.480 e. The SMILES string of the molecule is C#CCOc1ccc(/C=C(\C#N)C(=O)Nc2ccc(C)c(C)c2)cc1I. The minimum Gasteiger partial charge on any atom is -0.480 e. The molecule has 2 aromatic carbocycles. The predicted octanol–water partition coefficient (Wildman–Crippen LogP) is 4.47.